The molecule has 10 heteroatoms. The van der Waals surface area contributed by atoms with E-state index in [1.165, 1.54) is 25.3 Å². The first-order chi connectivity index (χ1) is 11.7. The van der Waals surface area contributed by atoms with Gasteiger partial charge in [0, 0.05) is 13.0 Å². The number of carbonyl (C=O) groups excluding carboxylic acids is 3. The van der Waals surface area contributed by atoms with Crippen molar-refractivity contribution in [2.75, 3.05) is 31.2 Å². The molecule has 25 heavy (non-hydrogen) atoms. The zero-order valence-corrected chi connectivity index (χ0v) is 14.7. The third kappa shape index (κ3) is 8.15. The Labute approximate surface area is 145 Å². The highest BCUT2D eigenvalue weighted by atomic mass is 32.2. The van der Waals surface area contributed by atoms with Crippen molar-refractivity contribution in [1.82, 2.24) is 5.32 Å². The van der Waals surface area contributed by atoms with E-state index in [-0.39, 0.29) is 30.2 Å². The molecule has 1 rings (SSSR count). The van der Waals surface area contributed by atoms with E-state index >= 15 is 0 Å². The molecule has 1 aromatic rings. The minimum atomic E-state index is -3.56. The minimum absolute atomic E-state index is 0.00795. The van der Waals surface area contributed by atoms with E-state index in [2.05, 4.69) is 14.8 Å². The Hall–Kier alpha value is -2.62. The van der Waals surface area contributed by atoms with Crippen LogP contribution in [0.4, 0.5) is 5.69 Å². The van der Waals surface area contributed by atoms with Crippen LogP contribution in [0.5, 0.6) is 0 Å². The number of nitrogens with one attached hydrogen (secondary N) is 2. The third-order valence-corrected chi connectivity index (χ3v) is 3.47. The molecule has 0 aliphatic heterocycles. The number of rotatable bonds is 9. The standard InChI is InChI=1S/C15H20N2O7S/c1-23-14(19)8-5-9-16-13(18)10-24-15(20)11-6-3-4-7-12(11)17-25(2,21)22/h3-4,6-7,17H,5,8-10H2,1-2H3,(H,16,18). The maximum absolute atomic E-state index is 12.0. The van der Waals surface area contributed by atoms with Crippen molar-refractivity contribution in [3.8, 4) is 0 Å². The summed E-state index contributed by atoms with van der Waals surface area (Å²) >= 11 is 0. The number of para-hydroxylation sites is 1. The molecule has 0 spiro atoms. The smallest absolute Gasteiger partial charge is 0.340 e. The van der Waals surface area contributed by atoms with E-state index in [1.54, 1.807) is 6.07 Å². The van der Waals surface area contributed by atoms with Gasteiger partial charge in [0.15, 0.2) is 6.61 Å². The lowest BCUT2D eigenvalue weighted by molar-refractivity contribution is -0.140. The molecule has 0 aliphatic rings. The summed E-state index contributed by atoms with van der Waals surface area (Å²) in [6, 6.07) is 5.88. The first kappa shape index (κ1) is 20.4. The largest absolute Gasteiger partial charge is 0.469 e. The average molecular weight is 372 g/mol. The Morgan fingerprint density at radius 2 is 1.84 bits per heavy atom. The summed E-state index contributed by atoms with van der Waals surface area (Å²) in [4.78, 5) is 34.5. The highest BCUT2D eigenvalue weighted by Crippen LogP contribution is 2.17. The first-order valence-corrected chi connectivity index (χ1v) is 9.19. The van der Waals surface area contributed by atoms with E-state index in [0.29, 0.717) is 6.42 Å². The topological polar surface area (TPSA) is 128 Å². The molecule has 2 N–H and O–H groups in total. The lowest BCUT2D eigenvalue weighted by atomic mass is 10.2. The second-order valence-electron chi connectivity index (χ2n) is 5.03. The molecule has 0 aromatic heterocycles. The summed E-state index contributed by atoms with van der Waals surface area (Å²) < 4.78 is 34.1. The summed E-state index contributed by atoms with van der Waals surface area (Å²) in [5.74, 6) is -1.75. The molecule has 1 aromatic carbocycles. The molecule has 138 valence electrons. The zero-order valence-electron chi connectivity index (χ0n) is 13.9. The van der Waals surface area contributed by atoms with Gasteiger partial charge in [0.25, 0.3) is 5.91 Å². The fraction of sp³-hybridized carbons (Fsp3) is 0.400. The second kappa shape index (κ2) is 9.62. The van der Waals surface area contributed by atoms with Crippen molar-refractivity contribution in [2.24, 2.45) is 0 Å². The normalized spacial score (nSPS) is 10.6. The van der Waals surface area contributed by atoms with Gasteiger partial charge in [-0.2, -0.15) is 0 Å². The molecule has 0 atom stereocenters. The molecular weight excluding hydrogens is 352 g/mol. The molecule has 9 nitrogen and oxygen atoms in total. The van der Waals surface area contributed by atoms with Crippen LogP contribution in [0.2, 0.25) is 0 Å². The maximum atomic E-state index is 12.0. The highest BCUT2D eigenvalue weighted by molar-refractivity contribution is 7.92. The van der Waals surface area contributed by atoms with Crippen LogP contribution in [0.25, 0.3) is 0 Å². The van der Waals surface area contributed by atoms with Crippen LogP contribution in [0.3, 0.4) is 0 Å². The second-order valence-corrected chi connectivity index (χ2v) is 6.77. The molecule has 0 fully saturated rings. The SMILES string of the molecule is COC(=O)CCCNC(=O)COC(=O)c1ccccc1NS(C)(=O)=O. The molecular formula is C15H20N2O7S. The number of hydrogen-bond donors (Lipinski definition) is 2. The van der Waals surface area contributed by atoms with Gasteiger partial charge in [-0.3, -0.25) is 14.3 Å². The molecule has 1 amide bonds. The number of sulfonamides is 1. The van der Waals surface area contributed by atoms with Gasteiger partial charge in [0.2, 0.25) is 10.0 Å². The number of ether oxygens (including phenoxy) is 2. The molecule has 0 bridgehead atoms. The van der Waals surface area contributed by atoms with Crippen LogP contribution in [0, 0.1) is 0 Å². The predicted octanol–water partition coefficient (Wildman–Crippen LogP) is 0.284. The summed E-state index contributed by atoms with van der Waals surface area (Å²) in [6.45, 7) is -0.290. The number of methoxy groups -OCH3 is 1. The van der Waals surface area contributed by atoms with Crippen LogP contribution in [0.15, 0.2) is 24.3 Å². The number of anilines is 1. The Bertz CT molecular complexity index is 731. The van der Waals surface area contributed by atoms with E-state index < -0.39 is 28.5 Å². The fourth-order valence-electron chi connectivity index (χ4n) is 1.77. The maximum Gasteiger partial charge on any atom is 0.340 e. The van der Waals surface area contributed by atoms with Gasteiger partial charge in [-0.15, -0.1) is 0 Å². The molecule has 0 heterocycles. The molecule has 0 aliphatic carbocycles. The first-order valence-electron chi connectivity index (χ1n) is 7.30. The number of hydrogen-bond acceptors (Lipinski definition) is 7. The Kier molecular flexibility index (Phi) is 7.86. The number of amides is 1. The molecule has 0 saturated heterocycles. The Balaban J connectivity index is 2.49. The number of esters is 2. The monoisotopic (exact) mass is 372 g/mol. The predicted molar refractivity (Wildman–Crippen MR) is 89.5 cm³/mol. The zero-order chi connectivity index (χ0) is 18.9. The number of carbonyl (C=O) groups is 3. The highest BCUT2D eigenvalue weighted by Gasteiger charge is 2.16. The van der Waals surface area contributed by atoms with Crippen LogP contribution in [-0.2, 0) is 29.1 Å². The number of benzene rings is 1. The van der Waals surface area contributed by atoms with Crippen molar-refractivity contribution in [3.63, 3.8) is 0 Å². The average Bonchev–Trinajstić information content (AvgIpc) is 2.55. The van der Waals surface area contributed by atoms with Gasteiger partial charge in [0.1, 0.15) is 0 Å². The quantitative estimate of drug-likeness (QED) is 0.471. The minimum Gasteiger partial charge on any atom is -0.469 e. The van der Waals surface area contributed by atoms with Crippen LogP contribution >= 0.6 is 0 Å². The summed E-state index contributed by atoms with van der Waals surface area (Å²) in [6.07, 6.45) is 1.52. The molecule has 0 radical (unpaired) electrons. The van der Waals surface area contributed by atoms with Crippen molar-refractivity contribution in [3.05, 3.63) is 29.8 Å². The van der Waals surface area contributed by atoms with Gasteiger partial charge in [-0.05, 0) is 18.6 Å². The van der Waals surface area contributed by atoms with Crippen molar-refractivity contribution < 1.29 is 32.3 Å². The van der Waals surface area contributed by atoms with Gasteiger partial charge in [0.05, 0.1) is 24.6 Å². The van der Waals surface area contributed by atoms with Gasteiger partial charge in [-0.25, -0.2) is 13.2 Å². The van der Waals surface area contributed by atoms with E-state index in [1.807, 2.05) is 0 Å². The summed E-state index contributed by atoms with van der Waals surface area (Å²) in [7, 11) is -2.29. The van der Waals surface area contributed by atoms with Gasteiger partial charge < -0.3 is 14.8 Å². The van der Waals surface area contributed by atoms with E-state index in [4.69, 9.17) is 4.74 Å². The van der Waals surface area contributed by atoms with E-state index in [0.717, 1.165) is 6.26 Å². The Morgan fingerprint density at radius 3 is 2.48 bits per heavy atom. The summed E-state index contributed by atoms with van der Waals surface area (Å²) in [5.41, 5.74) is 0.0555. The van der Waals surface area contributed by atoms with Crippen molar-refractivity contribution in [2.45, 2.75) is 12.8 Å². The lowest BCUT2D eigenvalue weighted by Crippen LogP contribution is -2.30. The molecule has 0 unspecified atom stereocenters. The van der Waals surface area contributed by atoms with E-state index in [9.17, 15) is 22.8 Å². The third-order valence-electron chi connectivity index (χ3n) is 2.88. The van der Waals surface area contributed by atoms with Crippen molar-refractivity contribution in [1.29, 1.82) is 0 Å². The fourth-order valence-corrected chi connectivity index (χ4v) is 2.35. The van der Waals surface area contributed by atoms with Crippen LogP contribution in [0.1, 0.15) is 23.2 Å². The van der Waals surface area contributed by atoms with Gasteiger partial charge in [-0.1, -0.05) is 12.1 Å². The lowest BCUT2D eigenvalue weighted by Gasteiger charge is -2.10. The molecule has 0 saturated carbocycles. The Morgan fingerprint density at radius 1 is 1.16 bits per heavy atom. The van der Waals surface area contributed by atoms with Crippen LogP contribution in [-0.4, -0.2) is 52.8 Å². The van der Waals surface area contributed by atoms with Crippen molar-refractivity contribution >= 4 is 33.6 Å². The van der Waals surface area contributed by atoms with Gasteiger partial charge >= 0.3 is 11.9 Å². The summed E-state index contributed by atoms with van der Waals surface area (Å²) in [5, 5.41) is 2.49. The van der Waals surface area contributed by atoms with Crippen LogP contribution < -0.4 is 10.0 Å².